The third kappa shape index (κ3) is 16.0. The molecule has 16 nitrogen and oxygen atoms in total. The molecule has 3 amide bonds. The molecule has 0 saturated heterocycles. The summed E-state index contributed by atoms with van der Waals surface area (Å²) in [6.45, 7) is 28.9. The average Bonchev–Trinajstić information content (AvgIpc) is 1.63. The average molecular weight is 1510 g/mol. The molecular formula is C68H44Cl9N13O3S3. The van der Waals surface area contributed by atoms with Crippen molar-refractivity contribution in [3.8, 4) is 48.8 Å². The Morgan fingerprint density at radius 3 is 0.990 bits per heavy atom. The quantitative estimate of drug-likeness (QED) is 0.0859. The third-order valence-electron chi connectivity index (χ3n) is 14.2. The number of aromatic nitrogens is 7. The van der Waals surface area contributed by atoms with Crippen LogP contribution in [-0.4, -0.2) is 52.0 Å². The number of nitrogens with one attached hydrogen (secondary N) is 3. The fourth-order valence-corrected chi connectivity index (χ4v) is 14.3. The van der Waals surface area contributed by atoms with Gasteiger partial charge in [0.1, 0.15) is 0 Å². The maximum Gasteiger partial charge on any atom is 0.261 e. The highest BCUT2D eigenvalue weighted by molar-refractivity contribution is 7.20. The van der Waals surface area contributed by atoms with E-state index in [0.717, 1.165) is 11.1 Å². The van der Waals surface area contributed by atoms with Gasteiger partial charge in [0.05, 0.1) is 106 Å². The first-order valence-electron chi connectivity index (χ1n) is 28.2. The van der Waals surface area contributed by atoms with Crippen LogP contribution in [-0.2, 0) is 0 Å². The summed E-state index contributed by atoms with van der Waals surface area (Å²) < 4.78 is 6.12. The summed E-state index contributed by atoms with van der Waals surface area (Å²) in [5.41, 5.74) is 5.69. The summed E-state index contributed by atoms with van der Waals surface area (Å²) in [4.78, 5) is 56.8. The van der Waals surface area contributed by atoms with Crippen LogP contribution in [0.2, 0.25) is 43.1 Å². The van der Waals surface area contributed by atoms with Crippen molar-refractivity contribution in [1.82, 2.24) is 50.3 Å². The number of halogens is 9. The summed E-state index contributed by atoms with van der Waals surface area (Å²) in [5.74, 6) is -1.41. The van der Waals surface area contributed by atoms with E-state index in [-0.39, 0.29) is 52.3 Å². The number of carbonyl (C=O) groups is 3. The summed E-state index contributed by atoms with van der Waals surface area (Å²) in [6.07, 6.45) is 1.65. The fourth-order valence-electron chi connectivity index (χ4n) is 9.63. The van der Waals surface area contributed by atoms with Crippen LogP contribution < -0.4 is 16.0 Å². The Labute approximate surface area is 607 Å². The van der Waals surface area contributed by atoms with Gasteiger partial charge >= 0.3 is 0 Å². The zero-order valence-corrected chi connectivity index (χ0v) is 59.1. The van der Waals surface area contributed by atoms with Crippen molar-refractivity contribution in [2.75, 3.05) is 0 Å². The minimum atomic E-state index is -0.498. The lowest BCUT2D eigenvalue weighted by Crippen LogP contribution is -2.27. The third-order valence-corrected chi connectivity index (χ3v) is 19.5. The van der Waals surface area contributed by atoms with Crippen LogP contribution in [0.25, 0.3) is 63.3 Å². The smallest absolute Gasteiger partial charge is 0.261 e. The van der Waals surface area contributed by atoms with Crippen molar-refractivity contribution < 1.29 is 14.4 Å². The van der Waals surface area contributed by atoms with Crippen molar-refractivity contribution in [1.29, 1.82) is 0 Å². The van der Waals surface area contributed by atoms with Gasteiger partial charge in [-0.25, -0.2) is 28.6 Å². The Kier molecular flexibility index (Phi) is 23.1. The molecule has 0 unspecified atom stereocenters. The number of hydrogen-bond donors (Lipinski definition) is 3. The lowest BCUT2D eigenvalue weighted by atomic mass is 10.1. The molecule has 0 saturated carbocycles. The van der Waals surface area contributed by atoms with Crippen LogP contribution in [0.4, 0.5) is 17.1 Å². The number of amides is 3. The van der Waals surface area contributed by atoms with E-state index in [4.69, 9.17) is 124 Å². The largest absolute Gasteiger partial charge is 0.345 e. The minimum Gasteiger partial charge on any atom is -0.345 e. The molecule has 0 fully saturated rings. The lowest BCUT2D eigenvalue weighted by Gasteiger charge is -2.13. The predicted molar refractivity (Wildman–Crippen MR) is 389 cm³/mol. The van der Waals surface area contributed by atoms with E-state index in [2.05, 4.69) is 50.8 Å². The Hall–Kier alpha value is -8.53. The second kappa shape index (κ2) is 31.6. The number of pyridine rings is 1. The van der Waals surface area contributed by atoms with Gasteiger partial charge < -0.3 is 16.0 Å². The lowest BCUT2D eigenvalue weighted by molar-refractivity contribution is 0.0926. The minimum absolute atomic E-state index is 0.00770. The molecule has 480 valence electrons. The zero-order valence-electron chi connectivity index (χ0n) is 49.8. The number of thiophene rings is 3. The van der Waals surface area contributed by atoms with Gasteiger partial charge in [0, 0.05) is 35.9 Å². The van der Waals surface area contributed by atoms with Gasteiger partial charge in [0.25, 0.3) is 17.7 Å². The molecule has 7 aromatic heterocycles. The van der Waals surface area contributed by atoms with Crippen LogP contribution in [0.15, 0.2) is 176 Å². The molecule has 12 rings (SSSR count). The number of nitrogens with zero attached hydrogens (tertiary/aromatic N) is 10. The van der Waals surface area contributed by atoms with Crippen molar-refractivity contribution >= 4 is 173 Å². The topological polar surface area (TPSA) is 167 Å². The van der Waals surface area contributed by atoms with Crippen LogP contribution in [0.1, 0.15) is 87.2 Å². The fraction of sp³-hybridized carbons (Fsp3) is 0.0882. The van der Waals surface area contributed by atoms with E-state index in [9.17, 15) is 14.4 Å². The molecule has 0 aliphatic heterocycles. The zero-order chi connectivity index (χ0) is 68.5. The molecular weight excluding hydrogens is 1460 g/mol. The van der Waals surface area contributed by atoms with Gasteiger partial charge in [0.2, 0.25) is 17.1 Å². The van der Waals surface area contributed by atoms with Gasteiger partial charge in [0.15, 0.2) is 17.1 Å². The molecule has 7 heterocycles. The van der Waals surface area contributed by atoms with Crippen molar-refractivity contribution in [2.24, 2.45) is 0 Å². The van der Waals surface area contributed by atoms with Crippen LogP contribution in [0, 0.1) is 19.7 Å². The van der Waals surface area contributed by atoms with E-state index >= 15 is 0 Å². The summed E-state index contributed by atoms with van der Waals surface area (Å²) in [6, 6.07) is 49.0. The van der Waals surface area contributed by atoms with Crippen LogP contribution in [0.5, 0.6) is 0 Å². The second-order valence-corrected chi connectivity index (χ2v) is 28.1. The van der Waals surface area contributed by atoms with Gasteiger partial charge in [-0.1, -0.05) is 171 Å². The standard InChI is InChI=1S/2C23H15Cl3N4OS.C22H14Cl3N5OS/c2*1-13(14-6-4-3-5-7-14)28-23(31)21-20(27-2)22(18-10-11-19(26)32-18)30(29-21)17-9-8-15(24)12-16(17)25;1-12(15-5-3-4-10-27-15)28-22(31)20-19(26-2)21(17-8-9-18(25)32-17)30(29-20)16-7-6-13(23)11-14(16)24/h2*3-13H,1H3,(H,28,31);3-12H,1H3,(H,28,31)/t2*13-;12-/m101/s1. The Bertz CT molecular complexity index is 4520. The molecule has 12 aromatic rings. The van der Waals surface area contributed by atoms with E-state index in [1.165, 1.54) is 48.1 Å². The van der Waals surface area contributed by atoms with E-state index in [0.29, 0.717) is 97.6 Å². The molecule has 96 heavy (non-hydrogen) atoms. The first-order valence-corrected chi connectivity index (χ1v) is 34.1. The molecule has 0 aliphatic rings. The van der Waals surface area contributed by atoms with Gasteiger partial charge in [-0.3, -0.25) is 19.4 Å². The highest BCUT2D eigenvalue weighted by Crippen LogP contribution is 2.45. The summed E-state index contributed by atoms with van der Waals surface area (Å²) in [7, 11) is 0. The van der Waals surface area contributed by atoms with Gasteiger partial charge in [-0.15, -0.1) is 34.0 Å². The first kappa shape index (κ1) is 70.3. The molecule has 3 atom stereocenters. The normalized spacial score (nSPS) is 11.7. The highest BCUT2D eigenvalue weighted by atomic mass is 35.5. The second-order valence-electron chi connectivity index (χ2n) is 20.5. The molecule has 28 heteroatoms. The molecule has 5 aromatic carbocycles. The first-order chi connectivity index (χ1) is 46.2. The van der Waals surface area contributed by atoms with Gasteiger partial charge in [-0.05, 0) is 135 Å². The maximum atomic E-state index is 13.2. The van der Waals surface area contributed by atoms with Crippen molar-refractivity contribution in [3.05, 3.63) is 287 Å². The van der Waals surface area contributed by atoms with Gasteiger partial charge in [-0.2, -0.15) is 15.3 Å². The maximum absolute atomic E-state index is 13.2. The Balaban J connectivity index is 0.000000157. The monoisotopic (exact) mass is 1500 g/mol. The molecule has 0 spiro atoms. The van der Waals surface area contributed by atoms with E-state index in [1.54, 1.807) is 103 Å². The molecule has 0 aliphatic carbocycles. The van der Waals surface area contributed by atoms with Crippen molar-refractivity contribution in [2.45, 2.75) is 38.9 Å². The van der Waals surface area contributed by atoms with Crippen LogP contribution in [0.3, 0.4) is 0 Å². The Morgan fingerprint density at radius 2 is 0.719 bits per heavy atom. The number of rotatable bonds is 15. The predicted octanol–water partition coefficient (Wildman–Crippen LogP) is 22.2. The van der Waals surface area contributed by atoms with Crippen molar-refractivity contribution in [3.63, 3.8) is 0 Å². The molecule has 0 radical (unpaired) electrons. The highest BCUT2D eigenvalue weighted by Gasteiger charge is 2.32. The van der Waals surface area contributed by atoms with E-state index < -0.39 is 17.7 Å². The SMILES string of the molecule is [C-]#[N+]c1c(C(=O)N[C@@H](C)c2ccccc2)nn(-c2ccc(Cl)cc2Cl)c1-c1ccc(Cl)s1.[C-]#[N+]c1c(C(=O)N[C@H](C)c2ccccc2)nn(-c2ccc(Cl)cc2Cl)c1-c1ccc(Cl)s1.[C-]#[N+]c1c(C(=O)N[C@H](C)c2ccccn2)nn(-c2ccc(Cl)cc2Cl)c1-c1ccc(Cl)s1. The molecule has 0 bridgehead atoms. The van der Waals surface area contributed by atoms with E-state index in [1.807, 2.05) is 93.6 Å². The summed E-state index contributed by atoms with van der Waals surface area (Å²) in [5, 5.41) is 24.6. The number of benzene rings is 5. The number of hydrogen-bond acceptors (Lipinski definition) is 10. The summed E-state index contributed by atoms with van der Waals surface area (Å²) >= 11 is 59.7. The Morgan fingerprint density at radius 1 is 0.406 bits per heavy atom. The number of carbonyl (C=O) groups excluding carboxylic acids is 3. The van der Waals surface area contributed by atoms with Crippen LogP contribution >= 0.6 is 138 Å². The molecule has 3 N–H and O–H groups in total.